The summed E-state index contributed by atoms with van der Waals surface area (Å²) >= 11 is 0. The first-order valence-corrected chi connectivity index (χ1v) is 7.49. The Morgan fingerprint density at radius 2 is 2.20 bits per heavy atom. The minimum Gasteiger partial charge on any atom is -0.355 e. The van der Waals surface area contributed by atoms with Crippen molar-refractivity contribution in [1.82, 2.24) is 20.2 Å². The van der Waals surface area contributed by atoms with E-state index in [2.05, 4.69) is 42.9 Å². The molecule has 0 saturated heterocycles. The SMILES string of the molecule is CCCNC(=O)Cn1c(C(C)(C)C)nc2c1CCNC2. The minimum atomic E-state index is -0.0532. The van der Waals surface area contributed by atoms with Gasteiger partial charge in [0, 0.05) is 37.2 Å². The predicted molar refractivity (Wildman–Crippen MR) is 79.6 cm³/mol. The zero-order valence-corrected chi connectivity index (χ0v) is 13.0. The van der Waals surface area contributed by atoms with Gasteiger partial charge >= 0.3 is 0 Å². The number of carbonyl (C=O) groups excluding carboxylic acids is 1. The third-order valence-corrected chi connectivity index (χ3v) is 3.53. The maximum absolute atomic E-state index is 12.1. The van der Waals surface area contributed by atoms with Gasteiger partial charge in [-0.15, -0.1) is 0 Å². The molecule has 1 aromatic rings. The largest absolute Gasteiger partial charge is 0.355 e. The first kappa shape index (κ1) is 15.0. The Labute approximate surface area is 121 Å². The molecule has 0 bridgehead atoms. The van der Waals surface area contributed by atoms with Gasteiger partial charge in [-0.25, -0.2) is 4.98 Å². The number of rotatable bonds is 4. The van der Waals surface area contributed by atoms with Crippen LogP contribution in [-0.4, -0.2) is 28.5 Å². The van der Waals surface area contributed by atoms with Gasteiger partial charge in [0.25, 0.3) is 0 Å². The number of hydrogen-bond acceptors (Lipinski definition) is 3. The van der Waals surface area contributed by atoms with E-state index in [0.29, 0.717) is 6.54 Å². The molecule has 2 N–H and O–H groups in total. The number of fused-ring (bicyclic) bond motifs is 1. The lowest BCUT2D eigenvalue weighted by Crippen LogP contribution is -2.32. The minimum absolute atomic E-state index is 0.0532. The Hall–Kier alpha value is -1.36. The van der Waals surface area contributed by atoms with E-state index in [4.69, 9.17) is 4.98 Å². The quantitative estimate of drug-likeness (QED) is 0.874. The molecule has 112 valence electrons. The van der Waals surface area contributed by atoms with Crippen LogP contribution in [0.2, 0.25) is 0 Å². The highest BCUT2D eigenvalue weighted by Gasteiger charge is 2.27. The molecule has 0 aliphatic carbocycles. The second kappa shape index (κ2) is 5.95. The van der Waals surface area contributed by atoms with E-state index in [1.54, 1.807) is 0 Å². The molecule has 0 radical (unpaired) electrons. The Morgan fingerprint density at radius 1 is 1.45 bits per heavy atom. The van der Waals surface area contributed by atoms with Gasteiger partial charge in [0.2, 0.25) is 5.91 Å². The van der Waals surface area contributed by atoms with Crippen molar-refractivity contribution < 1.29 is 4.79 Å². The summed E-state index contributed by atoms with van der Waals surface area (Å²) in [5.41, 5.74) is 2.27. The molecule has 0 saturated carbocycles. The molecule has 0 unspecified atom stereocenters. The summed E-state index contributed by atoms with van der Waals surface area (Å²) in [6.45, 7) is 11.4. The summed E-state index contributed by atoms with van der Waals surface area (Å²) in [5.74, 6) is 1.09. The van der Waals surface area contributed by atoms with Crippen molar-refractivity contribution in [3.05, 3.63) is 17.2 Å². The summed E-state index contributed by atoms with van der Waals surface area (Å²) in [6.07, 6.45) is 1.91. The van der Waals surface area contributed by atoms with Crippen LogP contribution in [0.1, 0.15) is 51.3 Å². The maximum Gasteiger partial charge on any atom is 0.239 e. The van der Waals surface area contributed by atoms with Crippen molar-refractivity contribution in [3.8, 4) is 0 Å². The van der Waals surface area contributed by atoms with E-state index >= 15 is 0 Å². The Bertz CT molecular complexity index is 485. The second-order valence-corrected chi connectivity index (χ2v) is 6.44. The van der Waals surface area contributed by atoms with Crippen LogP contribution in [0.4, 0.5) is 0 Å². The highest BCUT2D eigenvalue weighted by molar-refractivity contribution is 5.75. The fourth-order valence-corrected chi connectivity index (χ4v) is 2.58. The van der Waals surface area contributed by atoms with Crippen LogP contribution in [0.3, 0.4) is 0 Å². The third kappa shape index (κ3) is 3.20. The Balaban J connectivity index is 2.29. The van der Waals surface area contributed by atoms with Gasteiger partial charge in [0.05, 0.1) is 5.69 Å². The molecule has 20 heavy (non-hydrogen) atoms. The highest BCUT2D eigenvalue weighted by atomic mass is 16.1. The van der Waals surface area contributed by atoms with Crippen LogP contribution in [0.25, 0.3) is 0 Å². The smallest absolute Gasteiger partial charge is 0.239 e. The van der Waals surface area contributed by atoms with Crippen LogP contribution in [-0.2, 0) is 29.7 Å². The fraction of sp³-hybridized carbons (Fsp3) is 0.733. The molecular formula is C15H26N4O. The molecule has 2 rings (SSSR count). The summed E-state index contributed by atoms with van der Waals surface area (Å²) in [7, 11) is 0. The summed E-state index contributed by atoms with van der Waals surface area (Å²) in [5, 5.41) is 6.30. The van der Waals surface area contributed by atoms with E-state index in [1.807, 2.05) is 0 Å². The third-order valence-electron chi connectivity index (χ3n) is 3.53. The summed E-state index contributed by atoms with van der Waals surface area (Å²) in [4.78, 5) is 16.8. The zero-order chi connectivity index (χ0) is 14.8. The molecule has 1 aliphatic heterocycles. The number of nitrogens with zero attached hydrogens (tertiary/aromatic N) is 2. The fourth-order valence-electron chi connectivity index (χ4n) is 2.58. The topological polar surface area (TPSA) is 59.0 Å². The number of amides is 1. The molecule has 0 spiro atoms. The summed E-state index contributed by atoms with van der Waals surface area (Å²) < 4.78 is 2.13. The normalized spacial score (nSPS) is 15.0. The van der Waals surface area contributed by atoms with E-state index < -0.39 is 0 Å². The molecule has 0 atom stereocenters. The predicted octanol–water partition coefficient (Wildman–Crippen LogP) is 1.35. The van der Waals surface area contributed by atoms with Crippen LogP contribution >= 0.6 is 0 Å². The van der Waals surface area contributed by atoms with Gasteiger partial charge in [-0.3, -0.25) is 4.79 Å². The Kier molecular flexibility index (Phi) is 4.48. The van der Waals surface area contributed by atoms with Gasteiger partial charge in [-0.05, 0) is 6.42 Å². The van der Waals surface area contributed by atoms with E-state index in [9.17, 15) is 4.79 Å². The molecule has 0 aromatic carbocycles. The van der Waals surface area contributed by atoms with Crippen molar-refractivity contribution in [2.75, 3.05) is 13.1 Å². The van der Waals surface area contributed by atoms with Crippen LogP contribution in [0.15, 0.2) is 0 Å². The number of nitrogens with one attached hydrogen (secondary N) is 2. The van der Waals surface area contributed by atoms with Crippen molar-refractivity contribution in [3.63, 3.8) is 0 Å². The van der Waals surface area contributed by atoms with Crippen molar-refractivity contribution in [1.29, 1.82) is 0 Å². The average molecular weight is 278 g/mol. The molecule has 5 nitrogen and oxygen atoms in total. The molecule has 2 heterocycles. The second-order valence-electron chi connectivity index (χ2n) is 6.44. The first-order chi connectivity index (χ1) is 9.43. The van der Waals surface area contributed by atoms with Crippen molar-refractivity contribution in [2.45, 2.75) is 59.0 Å². The van der Waals surface area contributed by atoms with Gasteiger partial charge in [-0.1, -0.05) is 27.7 Å². The number of carbonyl (C=O) groups is 1. The molecule has 5 heteroatoms. The molecule has 1 amide bonds. The maximum atomic E-state index is 12.1. The lowest BCUT2D eigenvalue weighted by atomic mass is 9.95. The average Bonchev–Trinajstić information content (AvgIpc) is 2.75. The van der Waals surface area contributed by atoms with Gasteiger partial charge in [0.15, 0.2) is 0 Å². The van der Waals surface area contributed by atoms with Crippen molar-refractivity contribution >= 4 is 5.91 Å². The molecular weight excluding hydrogens is 252 g/mol. The first-order valence-electron chi connectivity index (χ1n) is 7.49. The van der Waals surface area contributed by atoms with Crippen molar-refractivity contribution in [2.24, 2.45) is 0 Å². The summed E-state index contributed by atoms with van der Waals surface area (Å²) in [6, 6.07) is 0. The van der Waals surface area contributed by atoms with Crippen LogP contribution < -0.4 is 10.6 Å². The van der Waals surface area contributed by atoms with Gasteiger partial charge in [-0.2, -0.15) is 0 Å². The monoisotopic (exact) mass is 278 g/mol. The van der Waals surface area contributed by atoms with Crippen LogP contribution in [0, 0.1) is 0 Å². The Morgan fingerprint density at radius 3 is 2.85 bits per heavy atom. The standard InChI is InChI=1S/C15H26N4O/c1-5-7-17-13(20)10-19-12-6-8-16-9-11(12)18-14(19)15(2,3)4/h16H,5-10H2,1-4H3,(H,17,20). The number of hydrogen-bond donors (Lipinski definition) is 2. The van der Waals surface area contributed by atoms with E-state index in [1.165, 1.54) is 5.69 Å². The highest BCUT2D eigenvalue weighted by Crippen LogP contribution is 2.26. The number of imidazole rings is 1. The lowest BCUT2D eigenvalue weighted by Gasteiger charge is -2.21. The molecule has 1 aromatic heterocycles. The molecule has 0 fully saturated rings. The van der Waals surface area contributed by atoms with E-state index in [0.717, 1.165) is 44.0 Å². The zero-order valence-electron chi connectivity index (χ0n) is 13.0. The molecule has 1 aliphatic rings. The van der Waals surface area contributed by atoms with E-state index in [-0.39, 0.29) is 11.3 Å². The van der Waals surface area contributed by atoms with Crippen LogP contribution in [0.5, 0.6) is 0 Å². The number of aromatic nitrogens is 2. The lowest BCUT2D eigenvalue weighted by molar-refractivity contribution is -0.121. The van der Waals surface area contributed by atoms with Gasteiger partial charge in [0.1, 0.15) is 12.4 Å². The van der Waals surface area contributed by atoms with Gasteiger partial charge < -0.3 is 15.2 Å².